The van der Waals surface area contributed by atoms with Gasteiger partial charge in [-0.25, -0.2) is 0 Å². The minimum atomic E-state index is -0.613. The quantitative estimate of drug-likeness (QED) is 0.804. The van der Waals surface area contributed by atoms with E-state index >= 15 is 0 Å². The minimum Gasteiger partial charge on any atom is -0.481 e. The lowest BCUT2D eigenvalue weighted by molar-refractivity contribution is -0.146. The highest BCUT2D eigenvalue weighted by Gasteiger charge is 2.39. The van der Waals surface area contributed by atoms with E-state index < -0.39 is 5.97 Å². The summed E-state index contributed by atoms with van der Waals surface area (Å²) < 4.78 is 1.13. The standard InChI is InChI=1S/C16H23BrO2S/c1-16(2,3)11-4-6-13(15(18)19)10(8-11)9-12-5-7-14(17)20-12/h5,7,10-11,13H,4,6,8-9H2,1-3H3,(H,18,19). The molecule has 0 aromatic carbocycles. The zero-order valence-electron chi connectivity index (χ0n) is 12.4. The molecule has 3 unspecified atom stereocenters. The summed E-state index contributed by atoms with van der Waals surface area (Å²) in [5, 5.41) is 9.48. The van der Waals surface area contributed by atoms with Gasteiger partial charge in [0.15, 0.2) is 0 Å². The second-order valence-electron chi connectivity index (χ2n) is 6.99. The largest absolute Gasteiger partial charge is 0.481 e. The van der Waals surface area contributed by atoms with Crippen LogP contribution in [0.5, 0.6) is 0 Å². The zero-order chi connectivity index (χ0) is 14.9. The van der Waals surface area contributed by atoms with E-state index in [1.54, 1.807) is 11.3 Å². The van der Waals surface area contributed by atoms with Gasteiger partial charge in [-0.3, -0.25) is 4.79 Å². The Labute approximate surface area is 133 Å². The van der Waals surface area contributed by atoms with Crippen molar-refractivity contribution < 1.29 is 9.90 Å². The van der Waals surface area contributed by atoms with E-state index in [9.17, 15) is 9.90 Å². The molecule has 112 valence electrons. The first-order chi connectivity index (χ1) is 9.27. The number of thiophene rings is 1. The molecule has 1 N–H and O–H groups in total. The van der Waals surface area contributed by atoms with Crippen molar-refractivity contribution in [1.82, 2.24) is 0 Å². The molecule has 1 aliphatic carbocycles. The molecule has 4 heteroatoms. The number of rotatable bonds is 3. The Morgan fingerprint density at radius 1 is 1.40 bits per heavy atom. The van der Waals surface area contributed by atoms with Gasteiger partial charge in [0.25, 0.3) is 0 Å². The fourth-order valence-corrected chi connectivity index (χ4v) is 4.90. The molecule has 1 fully saturated rings. The molecule has 0 saturated heterocycles. The van der Waals surface area contributed by atoms with Gasteiger partial charge in [-0.05, 0) is 71.0 Å². The van der Waals surface area contributed by atoms with Crippen molar-refractivity contribution in [3.63, 3.8) is 0 Å². The Hall–Kier alpha value is -0.350. The molecule has 2 nitrogen and oxygen atoms in total. The number of carbonyl (C=O) groups is 1. The van der Waals surface area contributed by atoms with Crippen LogP contribution in [0.3, 0.4) is 0 Å². The molecule has 3 atom stereocenters. The van der Waals surface area contributed by atoms with Crippen LogP contribution in [0.1, 0.15) is 44.9 Å². The van der Waals surface area contributed by atoms with E-state index in [4.69, 9.17) is 0 Å². The van der Waals surface area contributed by atoms with E-state index in [1.807, 2.05) is 0 Å². The second-order valence-corrected chi connectivity index (χ2v) is 9.54. The second kappa shape index (κ2) is 6.18. The smallest absolute Gasteiger partial charge is 0.306 e. The molecular weight excluding hydrogens is 336 g/mol. The molecule has 0 radical (unpaired) electrons. The predicted molar refractivity (Wildman–Crippen MR) is 87.1 cm³/mol. The highest BCUT2D eigenvalue weighted by molar-refractivity contribution is 9.11. The van der Waals surface area contributed by atoms with Crippen LogP contribution in [0.25, 0.3) is 0 Å². The SMILES string of the molecule is CC(C)(C)C1CCC(C(=O)O)C(Cc2ccc(Br)s2)C1. The Morgan fingerprint density at radius 2 is 2.10 bits per heavy atom. The van der Waals surface area contributed by atoms with Crippen molar-refractivity contribution in [2.24, 2.45) is 23.2 Å². The number of aliphatic carboxylic acids is 1. The van der Waals surface area contributed by atoms with Crippen molar-refractivity contribution in [2.45, 2.75) is 46.5 Å². The predicted octanol–water partition coefficient (Wildman–Crippen LogP) is 5.22. The summed E-state index contributed by atoms with van der Waals surface area (Å²) in [5.41, 5.74) is 0.276. The number of hydrogen-bond donors (Lipinski definition) is 1. The fourth-order valence-electron chi connectivity index (χ4n) is 3.32. The van der Waals surface area contributed by atoms with E-state index in [0.29, 0.717) is 5.92 Å². The van der Waals surface area contributed by atoms with Gasteiger partial charge < -0.3 is 5.11 Å². The van der Waals surface area contributed by atoms with Crippen molar-refractivity contribution >= 4 is 33.2 Å². The topological polar surface area (TPSA) is 37.3 Å². The highest BCUT2D eigenvalue weighted by atomic mass is 79.9. The maximum Gasteiger partial charge on any atom is 0.306 e. The average molecular weight is 359 g/mol. The van der Waals surface area contributed by atoms with Crippen molar-refractivity contribution in [1.29, 1.82) is 0 Å². The van der Waals surface area contributed by atoms with Gasteiger partial charge in [-0.1, -0.05) is 20.8 Å². The van der Waals surface area contributed by atoms with E-state index in [0.717, 1.165) is 29.5 Å². The summed E-state index contributed by atoms with van der Waals surface area (Å²) in [6.45, 7) is 6.83. The molecule has 1 aliphatic rings. The summed E-state index contributed by atoms with van der Waals surface area (Å²) in [6, 6.07) is 4.17. The number of halogens is 1. The molecular formula is C16H23BrO2S. The zero-order valence-corrected chi connectivity index (χ0v) is 14.8. The lowest BCUT2D eigenvalue weighted by Gasteiger charge is -2.40. The van der Waals surface area contributed by atoms with Gasteiger partial charge in [-0.15, -0.1) is 11.3 Å². The molecule has 1 heterocycles. The number of carboxylic acids is 1. The van der Waals surface area contributed by atoms with Crippen LogP contribution < -0.4 is 0 Å². The minimum absolute atomic E-state index is 0.172. The molecule has 20 heavy (non-hydrogen) atoms. The molecule has 0 aliphatic heterocycles. The van der Waals surface area contributed by atoms with Gasteiger partial charge in [0.1, 0.15) is 0 Å². The van der Waals surface area contributed by atoms with Crippen LogP contribution in [0.2, 0.25) is 0 Å². The summed E-state index contributed by atoms with van der Waals surface area (Å²) in [4.78, 5) is 12.8. The lowest BCUT2D eigenvalue weighted by atomic mass is 9.65. The van der Waals surface area contributed by atoms with Crippen molar-refractivity contribution in [3.05, 3.63) is 20.8 Å². The van der Waals surface area contributed by atoms with Crippen LogP contribution >= 0.6 is 27.3 Å². The van der Waals surface area contributed by atoms with Gasteiger partial charge in [0.05, 0.1) is 9.70 Å². The normalized spacial score (nSPS) is 27.5. The summed E-state index contributed by atoms with van der Waals surface area (Å²) in [6.07, 6.45) is 3.81. The first-order valence-electron chi connectivity index (χ1n) is 7.24. The number of carboxylic acid groups (broad SMARTS) is 1. The third-order valence-corrected chi connectivity index (χ3v) is 6.26. The number of hydrogen-bond acceptors (Lipinski definition) is 2. The summed E-state index contributed by atoms with van der Waals surface area (Å²) in [7, 11) is 0. The molecule has 2 rings (SSSR count). The van der Waals surface area contributed by atoms with E-state index in [1.165, 1.54) is 4.88 Å². The van der Waals surface area contributed by atoms with Crippen LogP contribution in [-0.2, 0) is 11.2 Å². The molecule has 1 saturated carbocycles. The Balaban J connectivity index is 2.12. The van der Waals surface area contributed by atoms with Gasteiger partial charge in [0, 0.05) is 4.88 Å². The molecule has 0 amide bonds. The van der Waals surface area contributed by atoms with Crippen LogP contribution in [-0.4, -0.2) is 11.1 Å². The summed E-state index contributed by atoms with van der Waals surface area (Å²) in [5.74, 6) is 0.120. The van der Waals surface area contributed by atoms with Gasteiger partial charge in [-0.2, -0.15) is 0 Å². The lowest BCUT2D eigenvalue weighted by Crippen LogP contribution is -2.36. The first-order valence-corrected chi connectivity index (χ1v) is 8.85. The summed E-state index contributed by atoms with van der Waals surface area (Å²) >= 11 is 5.21. The van der Waals surface area contributed by atoms with Crippen LogP contribution in [0.4, 0.5) is 0 Å². The Morgan fingerprint density at radius 3 is 2.60 bits per heavy atom. The first kappa shape index (κ1) is 16.0. The van der Waals surface area contributed by atoms with Crippen molar-refractivity contribution in [3.8, 4) is 0 Å². The molecule has 1 aromatic rings. The average Bonchev–Trinajstić information content (AvgIpc) is 2.73. The molecule has 1 aromatic heterocycles. The maximum absolute atomic E-state index is 11.5. The Kier molecular flexibility index (Phi) is 4.96. The molecule has 0 spiro atoms. The Bertz CT molecular complexity index is 475. The van der Waals surface area contributed by atoms with E-state index in [2.05, 4.69) is 48.8 Å². The van der Waals surface area contributed by atoms with E-state index in [-0.39, 0.29) is 17.3 Å². The molecule has 0 bridgehead atoms. The van der Waals surface area contributed by atoms with Crippen LogP contribution in [0, 0.1) is 23.2 Å². The van der Waals surface area contributed by atoms with Gasteiger partial charge >= 0.3 is 5.97 Å². The van der Waals surface area contributed by atoms with Crippen molar-refractivity contribution in [2.75, 3.05) is 0 Å². The monoisotopic (exact) mass is 358 g/mol. The highest BCUT2D eigenvalue weighted by Crippen LogP contribution is 2.44. The maximum atomic E-state index is 11.5. The van der Waals surface area contributed by atoms with Crippen LogP contribution in [0.15, 0.2) is 15.9 Å². The third kappa shape index (κ3) is 3.85. The third-order valence-electron chi connectivity index (χ3n) is 4.62. The van der Waals surface area contributed by atoms with Gasteiger partial charge in [0.2, 0.25) is 0 Å². The fraction of sp³-hybridized carbons (Fsp3) is 0.688.